The highest BCUT2D eigenvalue weighted by molar-refractivity contribution is 6.05. The first-order valence-electron chi connectivity index (χ1n) is 10.1. The highest BCUT2D eigenvalue weighted by atomic mass is 16.2. The van der Waals surface area contributed by atoms with E-state index in [2.05, 4.69) is 18.0 Å². The molecular weight excluding hydrogens is 390 g/mol. The van der Waals surface area contributed by atoms with E-state index in [1.165, 1.54) is 0 Å². The molecule has 0 saturated heterocycles. The number of hydrogen-bond acceptors (Lipinski definition) is 3. The molecule has 0 saturated carbocycles. The summed E-state index contributed by atoms with van der Waals surface area (Å²) in [5, 5.41) is 4.90. The number of primary amides is 1. The zero-order valence-corrected chi connectivity index (χ0v) is 17.3. The maximum Gasteiger partial charge on any atom is 0.254 e. The molecule has 6 heteroatoms. The summed E-state index contributed by atoms with van der Waals surface area (Å²) in [4.78, 5) is 37.5. The second kappa shape index (κ2) is 8.07. The molecular formula is C25H23N3O3. The van der Waals surface area contributed by atoms with E-state index in [0.717, 1.165) is 33.2 Å². The van der Waals surface area contributed by atoms with Gasteiger partial charge in [0.15, 0.2) is 0 Å². The van der Waals surface area contributed by atoms with Crippen LogP contribution in [0.5, 0.6) is 0 Å². The lowest BCUT2D eigenvalue weighted by atomic mass is 9.96. The highest BCUT2D eigenvalue weighted by Crippen LogP contribution is 2.34. The number of benzene rings is 3. The molecule has 0 aliphatic carbocycles. The molecule has 0 bridgehead atoms. The summed E-state index contributed by atoms with van der Waals surface area (Å²) in [6.07, 6.45) is 0.416. The molecule has 0 unspecified atom stereocenters. The molecule has 3 aromatic rings. The van der Waals surface area contributed by atoms with Crippen LogP contribution in [-0.2, 0) is 16.1 Å². The first kappa shape index (κ1) is 20.3. The molecule has 0 spiro atoms. The van der Waals surface area contributed by atoms with Crippen molar-refractivity contribution in [2.75, 3.05) is 11.9 Å². The summed E-state index contributed by atoms with van der Waals surface area (Å²) >= 11 is 0. The molecule has 156 valence electrons. The van der Waals surface area contributed by atoms with E-state index in [9.17, 15) is 14.4 Å². The predicted octanol–water partition coefficient (Wildman–Crippen LogP) is 3.85. The number of anilines is 1. The summed E-state index contributed by atoms with van der Waals surface area (Å²) in [6, 6.07) is 17.6. The van der Waals surface area contributed by atoms with Gasteiger partial charge in [0.1, 0.15) is 0 Å². The standard InChI is InChI=1S/C25H23N3O3/c1-3-23(29)27-19-6-4-5-17(11-19)18-8-7-16-9-10-20-22(21(16)12-18)14-28(25(20)31)13-15(2)24(26)30/h4-12H,2-3,13-14H2,1H3,(H2,26,30)(H,27,29). The molecule has 0 aromatic heterocycles. The molecule has 0 atom stereocenters. The molecule has 1 heterocycles. The Labute approximate surface area is 180 Å². The Hall–Kier alpha value is -3.93. The Morgan fingerprint density at radius 1 is 1.10 bits per heavy atom. The number of rotatable bonds is 6. The predicted molar refractivity (Wildman–Crippen MR) is 121 cm³/mol. The third-order valence-corrected chi connectivity index (χ3v) is 5.53. The zero-order valence-electron chi connectivity index (χ0n) is 17.3. The maximum atomic E-state index is 12.8. The lowest BCUT2D eigenvalue weighted by Crippen LogP contribution is -2.30. The minimum Gasteiger partial charge on any atom is -0.366 e. The van der Waals surface area contributed by atoms with Gasteiger partial charge in [-0.3, -0.25) is 14.4 Å². The van der Waals surface area contributed by atoms with Gasteiger partial charge in [-0.05, 0) is 51.7 Å². The van der Waals surface area contributed by atoms with Gasteiger partial charge in [-0.2, -0.15) is 0 Å². The van der Waals surface area contributed by atoms with Gasteiger partial charge >= 0.3 is 0 Å². The van der Waals surface area contributed by atoms with Crippen molar-refractivity contribution in [1.82, 2.24) is 4.90 Å². The van der Waals surface area contributed by atoms with Crippen molar-refractivity contribution in [3.63, 3.8) is 0 Å². The van der Waals surface area contributed by atoms with Crippen molar-refractivity contribution in [1.29, 1.82) is 0 Å². The maximum absolute atomic E-state index is 12.8. The second-order valence-corrected chi connectivity index (χ2v) is 7.64. The third-order valence-electron chi connectivity index (χ3n) is 5.53. The number of amides is 3. The Morgan fingerprint density at radius 3 is 2.58 bits per heavy atom. The molecule has 1 aliphatic heterocycles. The van der Waals surface area contributed by atoms with Crippen molar-refractivity contribution < 1.29 is 14.4 Å². The van der Waals surface area contributed by atoms with Gasteiger partial charge in [0.05, 0.1) is 6.54 Å². The Balaban J connectivity index is 1.71. The highest BCUT2D eigenvalue weighted by Gasteiger charge is 2.29. The van der Waals surface area contributed by atoms with Gasteiger partial charge in [-0.15, -0.1) is 0 Å². The lowest BCUT2D eigenvalue weighted by Gasteiger charge is -2.15. The van der Waals surface area contributed by atoms with Crippen LogP contribution in [0, 0.1) is 0 Å². The van der Waals surface area contributed by atoms with E-state index in [1.807, 2.05) is 55.5 Å². The van der Waals surface area contributed by atoms with Gasteiger partial charge in [0.25, 0.3) is 5.91 Å². The largest absolute Gasteiger partial charge is 0.366 e. The Morgan fingerprint density at radius 2 is 1.84 bits per heavy atom. The smallest absolute Gasteiger partial charge is 0.254 e. The monoisotopic (exact) mass is 413 g/mol. The Kier molecular flexibility index (Phi) is 5.29. The summed E-state index contributed by atoms with van der Waals surface area (Å²) in [7, 11) is 0. The van der Waals surface area contributed by atoms with Crippen LogP contribution in [0.1, 0.15) is 29.3 Å². The van der Waals surface area contributed by atoms with Crippen LogP contribution < -0.4 is 11.1 Å². The van der Waals surface area contributed by atoms with E-state index >= 15 is 0 Å². The van der Waals surface area contributed by atoms with E-state index in [4.69, 9.17) is 5.73 Å². The molecule has 0 fully saturated rings. The quantitative estimate of drug-likeness (QED) is 0.601. The number of nitrogens with two attached hydrogens (primary N) is 1. The molecule has 3 amide bonds. The van der Waals surface area contributed by atoms with Crippen LogP contribution in [0.2, 0.25) is 0 Å². The fourth-order valence-corrected chi connectivity index (χ4v) is 3.83. The zero-order chi connectivity index (χ0) is 22.1. The van der Waals surface area contributed by atoms with E-state index in [0.29, 0.717) is 18.5 Å². The number of fused-ring (bicyclic) bond motifs is 3. The van der Waals surface area contributed by atoms with E-state index < -0.39 is 5.91 Å². The van der Waals surface area contributed by atoms with Crippen LogP contribution in [0.15, 0.2) is 66.7 Å². The van der Waals surface area contributed by atoms with Crippen LogP contribution in [0.25, 0.3) is 21.9 Å². The SMILES string of the molecule is C=C(CN1Cc2c(ccc3ccc(-c4cccc(NC(=O)CC)c4)cc23)C1=O)C(N)=O. The summed E-state index contributed by atoms with van der Waals surface area (Å²) < 4.78 is 0. The fourth-order valence-electron chi connectivity index (χ4n) is 3.83. The summed E-state index contributed by atoms with van der Waals surface area (Å²) in [6.45, 7) is 5.99. The minimum absolute atomic E-state index is 0.0374. The van der Waals surface area contributed by atoms with Crippen LogP contribution >= 0.6 is 0 Å². The number of nitrogens with one attached hydrogen (secondary N) is 1. The first-order valence-corrected chi connectivity index (χ1v) is 10.1. The lowest BCUT2D eigenvalue weighted by molar-refractivity contribution is -0.116. The fraction of sp³-hybridized carbons (Fsp3) is 0.160. The summed E-state index contributed by atoms with van der Waals surface area (Å²) in [5.74, 6) is -0.774. The average Bonchev–Trinajstić information content (AvgIpc) is 3.09. The Bertz CT molecular complexity index is 1250. The van der Waals surface area contributed by atoms with Gasteiger partial charge in [-0.1, -0.05) is 43.8 Å². The molecule has 6 nitrogen and oxygen atoms in total. The second-order valence-electron chi connectivity index (χ2n) is 7.64. The van der Waals surface area contributed by atoms with Gasteiger partial charge in [0, 0.05) is 29.8 Å². The van der Waals surface area contributed by atoms with Gasteiger partial charge in [-0.25, -0.2) is 0 Å². The topological polar surface area (TPSA) is 92.5 Å². The summed E-state index contributed by atoms with van der Waals surface area (Å²) in [5.41, 5.74) is 9.75. The van der Waals surface area contributed by atoms with Gasteiger partial charge < -0.3 is 16.0 Å². The van der Waals surface area contributed by atoms with Crippen molar-refractivity contribution in [3.05, 3.63) is 77.9 Å². The molecule has 4 rings (SSSR count). The van der Waals surface area contributed by atoms with Crippen molar-refractivity contribution in [3.8, 4) is 11.1 Å². The van der Waals surface area contributed by atoms with Crippen molar-refractivity contribution in [2.24, 2.45) is 5.73 Å². The first-order chi connectivity index (χ1) is 14.9. The number of carbonyl (C=O) groups is 3. The molecule has 1 aliphatic rings. The normalized spacial score (nSPS) is 12.7. The van der Waals surface area contributed by atoms with Crippen molar-refractivity contribution in [2.45, 2.75) is 19.9 Å². The third kappa shape index (κ3) is 3.92. The minimum atomic E-state index is -0.606. The van der Waals surface area contributed by atoms with Gasteiger partial charge in [0.2, 0.25) is 11.8 Å². The molecule has 3 aromatic carbocycles. The van der Waals surface area contributed by atoms with Crippen LogP contribution in [-0.4, -0.2) is 29.2 Å². The van der Waals surface area contributed by atoms with E-state index in [-0.39, 0.29) is 23.9 Å². The van der Waals surface area contributed by atoms with Crippen LogP contribution in [0.4, 0.5) is 5.69 Å². The molecule has 3 N–H and O–H groups in total. The molecule has 31 heavy (non-hydrogen) atoms. The van der Waals surface area contributed by atoms with Crippen LogP contribution in [0.3, 0.4) is 0 Å². The number of nitrogens with zero attached hydrogens (tertiary/aromatic N) is 1. The van der Waals surface area contributed by atoms with Crippen molar-refractivity contribution >= 4 is 34.2 Å². The molecule has 0 radical (unpaired) electrons. The number of carbonyl (C=O) groups excluding carboxylic acids is 3. The number of hydrogen-bond donors (Lipinski definition) is 2. The average molecular weight is 413 g/mol. The van der Waals surface area contributed by atoms with E-state index in [1.54, 1.807) is 4.90 Å².